The molecule has 0 saturated heterocycles. The molecule has 0 radical (unpaired) electrons. The molecule has 92 valence electrons. The molecule has 1 aliphatic heterocycles. The first kappa shape index (κ1) is 12.6. The smallest absolute Gasteiger partial charge is 0.338 e. The zero-order valence-corrected chi connectivity index (χ0v) is 10.6. The van der Waals surface area contributed by atoms with Crippen molar-refractivity contribution in [3.63, 3.8) is 0 Å². The molecule has 1 heterocycles. The fourth-order valence-electron chi connectivity index (χ4n) is 1.56. The number of nitrogens with zero attached hydrogens (tertiary/aromatic N) is 1. The van der Waals surface area contributed by atoms with Crippen molar-refractivity contribution >= 4 is 36.0 Å². The summed E-state index contributed by atoms with van der Waals surface area (Å²) in [5.74, 6) is -1.82. The second-order valence-electron chi connectivity index (χ2n) is 3.85. The second-order valence-corrected chi connectivity index (χ2v) is 4.36. The minimum atomic E-state index is -0.636. The Hall–Kier alpha value is -1.88. The van der Waals surface area contributed by atoms with Gasteiger partial charge in [0, 0.05) is 16.7 Å². The summed E-state index contributed by atoms with van der Waals surface area (Å²) in [5, 5.41) is 0. The monoisotopic (exact) mass is 261 g/mol. The van der Waals surface area contributed by atoms with Gasteiger partial charge in [-0.3, -0.25) is 9.79 Å². The van der Waals surface area contributed by atoms with E-state index < -0.39 is 17.9 Å². The molecule has 1 aliphatic rings. The molecule has 0 aliphatic carbocycles. The van der Waals surface area contributed by atoms with Crippen LogP contribution >= 0.6 is 12.6 Å². The van der Waals surface area contributed by atoms with E-state index >= 15 is 0 Å². The summed E-state index contributed by atoms with van der Waals surface area (Å²) in [4.78, 5) is 27.5. The van der Waals surface area contributed by atoms with Crippen molar-refractivity contribution in [3.8, 4) is 0 Å². The molecule has 4 nitrogen and oxygen atoms in total. The van der Waals surface area contributed by atoms with Gasteiger partial charge in [-0.2, -0.15) is 0 Å². The number of aliphatic imine (C=N–C) groups is 1. The molecule has 0 saturated carbocycles. The van der Waals surface area contributed by atoms with E-state index in [1.807, 2.05) is 12.1 Å². The van der Waals surface area contributed by atoms with Crippen molar-refractivity contribution in [3.05, 3.63) is 36.4 Å². The van der Waals surface area contributed by atoms with Gasteiger partial charge in [-0.25, -0.2) is 4.79 Å². The molecule has 18 heavy (non-hydrogen) atoms. The summed E-state index contributed by atoms with van der Waals surface area (Å²) in [6, 6.07) is 7.23. The molecule has 0 fully saturated rings. The molecule has 1 aromatic rings. The molecule has 1 aromatic carbocycles. The molecule has 0 spiro atoms. The highest BCUT2D eigenvalue weighted by Gasteiger charge is 2.26. The molecular formula is C13H11NO3S. The molecule has 1 atom stereocenters. The van der Waals surface area contributed by atoms with Gasteiger partial charge >= 0.3 is 11.9 Å². The van der Waals surface area contributed by atoms with Gasteiger partial charge < -0.3 is 4.74 Å². The summed E-state index contributed by atoms with van der Waals surface area (Å²) >= 11 is 4.18. The first-order valence-corrected chi connectivity index (χ1v) is 5.79. The number of esters is 2. The minimum absolute atomic E-state index is 0.579. The second kappa shape index (κ2) is 5.18. The molecular weight excluding hydrogens is 250 g/mol. The number of ether oxygens (including phenoxy) is 1. The Balaban J connectivity index is 2.23. The number of cyclic esters (lactones) is 2. The van der Waals surface area contributed by atoms with Crippen LogP contribution < -0.4 is 0 Å². The van der Waals surface area contributed by atoms with E-state index in [-0.39, 0.29) is 0 Å². The fraction of sp³-hybridized carbons (Fsp3) is 0.154. The van der Waals surface area contributed by atoms with Gasteiger partial charge in [-0.1, -0.05) is 6.08 Å². The van der Waals surface area contributed by atoms with E-state index in [0.717, 1.165) is 10.6 Å². The lowest BCUT2D eigenvalue weighted by molar-refractivity contribution is -0.158. The third-order valence-electron chi connectivity index (χ3n) is 2.49. The van der Waals surface area contributed by atoms with E-state index in [1.54, 1.807) is 19.1 Å². The van der Waals surface area contributed by atoms with Crippen LogP contribution in [0.1, 0.15) is 6.92 Å². The summed E-state index contributed by atoms with van der Waals surface area (Å²) < 4.78 is 4.52. The molecule has 0 N–H and O–H groups in total. The summed E-state index contributed by atoms with van der Waals surface area (Å²) in [7, 11) is 0. The first-order chi connectivity index (χ1) is 8.56. The number of thiol groups is 1. The highest BCUT2D eigenvalue weighted by molar-refractivity contribution is 7.80. The fourth-order valence-corrected chi connectivity index (χ4v) is 1.71. The number of carbonyl (C=O) groups is 2. The maximum atomic E-state index is 11.5. The maximum absolute atomic E-state index is 11.5. The molecule has 0 bridgehead atoms. The van der Waals surface area contributed by atoms with Gasteiger partial charge in [0.1, 0.15) is 5.92 Å². The third-order valence-corrected chi connectivity index (χ3v) is 2.78. The van der Waals surface area contributed by atoms with Crippen LogP contribution in [0.4, 0.5) is 5.69 Å². The Kier molecular flexibility index (Phi) is 3.62. The summed E-state index contributed by atoms with van der Waals surface area (Å²) in [6.45, 7) is 1.72. The number of hydrogen-bond donors (Lipinski definition) is 1. The van der Waals surface area contributed by atoms with Crippen LogP contribution in [0, 0.1) is 5.92 Å². The van der Waals surface area contributed by atoms with E-state index in [4.69, 9.17) is 0 Å². The van der Waals surface area contributed by atoms with Crippen LogP contribution in [0.25, 0.3) is 0 Å². The Labute approximate surface area is 110 Å². The van der Waals surface area contributed by atoms with E-state index in [2.05, 4.69) is 22.4 Å². The Morgan fingerprint density at radius 2 is 1.94 bits per heavy atom. The van der Waals surface area contributed by atoms with E-state index in [9.17, 15) is 9.59 Å². The Morgan fingerprint density at radius 1 is 1.28 bits per heavy atom. The normalized spacial score (nSPS) is 19.9. The number of hydrogen-bond acceptors (Lipinski definition) is 5. The largest absolute Gasteiger partial charge is 0.389 e. The van der Waals surface area contributed by atoms with Crippen LogP contribution in [-0.4, -0.2) is 17.7 Å². The van der Waals surface area contributed by atoms with Crippen molar-refractivity contribution in [2.45, 2.75) is 11.8 Å². The zero-order chi connectivity index (χ0) is 13.1. The van der Waals surface area contributed by atoms with Gasteiger partial charge in [0.2, 0.25) is 0 Å². The predicted molar refractivity (Wildman–Crippen MR) is 70.2 cm³/mol. The zero-order valence-electron chi connectivity index (χ0n) is 9.66. The average Bonchev–Trinajstić information content (AvgIpc) is 2.32. The SMILES string of the molecule is CC(=Nc1ccc(S)cc1)C1C=CC(=O)OC1=O. The van der Waals surface area contributed by atoms with Gasteiger partial charge in [0.25, 0.3) is 0 Å². The van der Waals surface area contributed by atoms with Crippen molar-refractivity contribution in [1.82, 2.24) is 0 Å². The lowest BCUT2D eigenvalue weighted by Crippen LogP contribution is -2.28. The van der Waals surface area contributed by atoms with Gasteiger partial charge in [0.05, 0.1) is 5.69 Å². The van der Waals surface area contributed by atoms with Crippen LogP contribution in [0.15, 0.2) is 46.3 Å². The Morgan fingerprint density at radius 3 is 2.56 bits per heavy atom. The molecule has 5 heteroatoms. The molecule has 1 unspecified atom stereocenters. The minimum Gasteiger partial charge on any atom is -0.389 e. The Bertz CT molecular complexity index is 546. The van der Waals surface area contributed by atoms with Crippen LogP contribution in [0.5, 0.6) is 0 Å². The maximum Gasteiger partial charge on any atom is 0.338 e. The van der Waals surface area contributed by atoms with Crippen molar-refractivity contribution in [2.75, 3.05) is 0 Å². The van der Waals surface area contributed by atoms with Crippen molar-refractivity contribution < 1.29 is 14.3 Å². The van der Waals surface area contributed by atoms with Gasteiger partial charge in [-0.05, 0) is 31.2 Å². The highest BCUT2D eigenvalue weighted by Crippen LogP contribution is 2.19. The molecule has 0 aromatic heterocycles. The number of benzene rings is 1. The van der Waals surface area contributed by atoms with E-state index in [1.165, 1.54) is 12.2 Å². The predicted octanol–water partition coefficient (Wildman–Crippen LogP) is 2.32. The third kappa shape index (κ3) is 2.87. The highest BCUT2D eigenvalue weighted by atomic mass is 32.1. The molecule has 2 rings (SSSR count). The number of carbonyl (C=O) groups excluding carboxylic acids is 2. The standard InChI is InChI=1S/C13H11NO3S/c1-8(11-6-7-12(15)17-13(11)16)14-9-2-4-10(18)5-3-9/h2-7,11,18H,1H3. The lowest BCUT2D eigenvalue weighted by Gasteiger charge is -2.14. The van der Waals surface area contributed by atoms with E-state index in [0.29, 0.717) is 5.71 Å². The van der Waals surface area contributed by atoms with Crippen molar-refractivity contribution in [2.24, 2.45) is 10.9 Å². The van der Waals surface area contributed by atoms with Crippen LogP contribution in [0.3, 0.4) is 0 Å². The van der Waals surface area contributed by atoms with Gasteiger partial charge in [-0.15, -0.1) is 12.6 Å². The van der Waals surface area contributed by atoms with Gasteiger partial charge in [0.15, 0.2) is 0 Å². The van der Waals surface area contributed by atoms with Crippen LogP contribution in [0.2, 0.25) is 0 Å². The quantitative estimate of drug-likeness (QED) is 0.385. The first-order valence-electron chi connectivity index (χ1n) is 5.34. The lowest BCUT2D eigenvalue weighted by atomic mass is 10.0. The number of rotatable bonds is 2. The summed E-state index contributed by atoms with van der Waals surface area (Å²) in [5.41, 5.74) is 1.30. The summed E-state index contributed by atoms with van der Waals surface area (Å²) in [6.07, 6.45) is 2.74. The van der Waals surface area contributed by atoms with Crippen LogP contribution in [-0.2, 0) is 14.3 Å². The topological polar surface area (TPSA) is 55.7 Å². The molecule has 0 amide bonds. The average molecular weight is 261 g/mol. The van der Waals surface area contributed by atoms with Crippen molar-refractivity contribution in [1.29, 1.82) is 0 Å².